The number of hydrogen-bond acceptors (Lipinski definition) is 4. The summed E-state index contributed by atoms with van der Waals surface area (Å²) in [4.78, 5) is 8.51. The van der Waals surface area contributed by atoms with Crippen molar-refractivity contribution < 1.29 is 8.83 Å². The first-order valence-corrected chi connectivity index (χ1v) is 7.20. The van der Waals surface area contributed by atoms with Crippen LogP contribution in [-0.2, 0) is 7.05 Å². The van der Waals surface area contributed by atoms with E-state index in [-0.39, 0.29) is 0 Å². The third-order valence-electron chi connectivity index (χ3n) is 4.09. The molecule has 0 amide bonds. The Morgan fingerprint density at radius 1 is 0.957 bits per heavy atom. The number of nitrogens with zero attached hydrogens (tertiary/aromatic N) is 4. The minimum Gasteiger partial charge on any atom is -0.463 e. The zero-order valence-corrected chi connectivity index (χ0v) is 12.3. The lowest BCUT2D eigenvalue weighted by Gasteiger charge is -2.00. The van der Waals surface area contributed by atoms with Gasteiger partial charge in [0.1, 0.15) is 29.5 Å². The van der Waals surface area contributed by atoms with E-state index in [1.165, 1.54) is 0 Å². The molecule has 23 heavy (non-hydrogen) atoms. The summed E-state index contributed by atoms with van der Waals surface area (Å²) < 4.78 is 15.3. The van der Waals surface area contributed by atoms with Crippen LogP contribution in [0.5, 0.6) is 0 Å². The number of aromatic nitrogens is 4. The van der Waals surface area contributed by atoms with Crippen molar-refractivity contribution in [1.29, 1.82) is 0 Å². The molecule has 1 aromatic carbocycles. The summed E-state index contributed by atoms with van der Waals surface area (Å²) in [6.07, 6.45) is 12.6. The van der Waals surface area contributed by atoms with Crippen molar-refractivity contribution in [2.24, 2.45) is 7.05 Å². The number of rotatable bonds is 2. The molecule has 0 atom stereocenters. The lowest BCUT2D eigenvalue weighted by molar-refractivity contribution is 0.603. The van der Waals surface area contributed by atoms with Crippen molar-refractivity contribution in [2.75, 3.05) is 0 Å². The molecule has 0 saturated heterocycles. The molecule has 0 unspecified atom stereocenters. The van der Waals surface area contributed by atoms with Gasteiger partial charge in [-0.2, -0.15) is 0 Å². The summed E-state index contributed by atoms with van der Waals surface area (Å²) in [6.45, 7) is 0. The minimum absolute atomic E-state index is 0.780. The highest BCUT2D eigenvalue weighted by molar-refractivity contribution is 6.03. The predicted molar refractivity (Wildman–Crippen MR) is 85.3 cm³/mol. The highest BCUT2D eigenvalue weighted by atomic mass is 16.3. The van der Waals surface area contributed by atoms with E-state index >= 15 is 0 Å². The molecular weight excluding hydrogens is 292 g/mol. The van der Waals surface area contributed by atoms with Gasteiger partial charge in [-0.15, -0.1) is 0 Å². The van der Waals surface area contributed by atoms with Crippen LogP contribution in [0.15, 0.2) is 64.6 Å². The van der Waals surface area contributed by atoms with E-state index in [2.05, 4.69) is 16.0 Å². The average molecular weight is 304 g/mol. The van der Waals surface area contributed by atoms with Gasteiger partial charge in [-0.25, -0.2) is 9.97 Å². The Bertz CT molecular complexity index is 1130. The van der Waals surface area contributed by atoms with Crippen LogP contribution >= 0.6 is 0 Å². The van der Waals surface area contributed by atoms with Crippen LogP contribution in [0.1, 0.15) is 0 Å². The number of fused-ring (bicyclic) bond motifs is 2. The van der Waals surface area contributed by atoms with E-state index in [0.29, 0.717) is 0 Å². The minimum atomic E-state index is 0.780. The molecule has 0 saturated carbocycles. The van der Waals surface area contributed by atoms with E-state index in [0.717, 1.165) is 39.0 Å². The molecule has 0 fully saturated rings. The van der Waals surface area contributed by atoms with E-state index in [9.17, 15) is 0 Å². The van der Waals surface area contributed by atoms with E-state index in [1.807, 2.05) is 34.6 Å². The van der Waals surface area contributed by atoms with E-state index < -0.39 is 0 Å². The zero-order chi connectivity index (χ0) is 15.4. The number of furan rings is 2. The highest BCUT2D eigenvalue weighted by Gasteiger charge is 2.16. The lowest BCUT2D eigenvalue weighted by atomic mass is 10.1. The maximum Gasteiger partial charge on any atom is 0.143 e. The SMILES string of the molecule is Cn1ccnc1-c1coc2cc3occ(-n4ccnc4)c3cc12. The Morgan fingerprint density at radius 3 is 2.61 bits per heavy atom. The summed E-state index contributed by atoms with van der Waals surface area (Å²) in [5, 5.41) is 2.02. The van der Waals surface area contributed by atoms with Crippen LogP contribution in [0, 0.1) is 0 Å². The average Bonchev–Trinajstić information content (AvgIpc) is 3.31. The molecule has 0 aliphatic heterocycles. The normalized spacial score (nSPS) is 11.7. The molecule has 6 nitrogen and oxygen atoms in total. The van der Waals surface area contributed by atoms with Crippen molar-refractivity contribution in [2.45, 2.75) is 0 Å². The van der Waals surface area contributed by atoms with Gasteiger partial charge in [0.25, 0.3) is 0 Å². The van der Waals surface area contributed by atoms with Gasteiger partial charge in [-0.05, 0) is 6.07 Å². The molecule has 0 spiro atoms. The van der Waals surface area contributed by atoms with Crippen molar-refractivity contribution in [1.82, 2.24) is 19.1 Å². The summed E-state index contributed by atoms with van der Waals surface area (Å²) >= 11 is 0. The second kappa shape index (κ2) is 4.36. The highest BCUT2D eigenvalue weighted by Crippen LogP contribution is 2.35. The summed E-state index contributed by atoms with van der Waals surface area (Å²) in [6, 6.07) is 3.99. The molecule has 0 N–H and O–H groups in total. The lowest BCUT2D eigenvalue weighted by Crippen LogP contribution is -1.90. The maximum atomic E-state index is 5.70. The van der Waals surface area contributed by atoms with Crippen LogP contribution in [0.2, 0.25) is 0 Å². The van der Waals surface area contributed by atoms with Crippen LogP contribution < -0.4 is 0 Å². The predicted octanol–water partition coefficient (Wildman–Crippen LogP) is 3.77. The number of hydrogen-bond donors (Lipinski definition) is 0. The third-order valence-corrected chi connectivity index (χ3v) is 4.09. The molecule has 5 rings (SSSR count). The third kappa shape index (κ3) is 1.69. The van der Waals surface area contributed by atoms with E-state index in [1.54, 1.807) is 31.2 Å². The standard InChI is InChI=1S/C17H12N4O2/c1-20-4-3-19-17(20)13-8-22-15-7-16-12(6-11(13)15)14(9-23-16)21-5-2-18-10-21/h2-10H,1H3. The number of imidazole rings is 2. The molecular formula is C17H12N4O2. The Morgan fingerprint density at radius 2 is 1.83 bits per heavy atom. The van der Waals surface area contributed by atoms with Crippen molar-refractivity contribution in [3.63, 3.8) is 0 Å². The smallest absolute Gasteiger partial charge is 0.143 e. The number of aryl methyl sites for hydroxylation is 1. The maximum absolute atomic E-state index is 5.70. The molecule has 4 aromatic heterocycles. The van der Waals surface area contributed by atoms with Gasteiger partial charge < -0.3 is 18.0 Å². The molecule has 6 heteroatoms. The summed E-state index contributed by atoms with van der Waals surface area (Å²) in [7, 11) is 1.97. The molecule has 0 aliphatic carbocycles. The Balaban J connectivity index is 1.82. The Hall–Kier alpha value is -3.28. The molecule has 112 valence electrons. The fourth-order valence-corrected chi connectivity index (χ4v) is 2.94. The Labute approximate surface area is 130 Å². The molecule has 0 bridgehead atoms. The van der Waals surface area contributed by atoms with Gasteiger partial charge in [-0.3, -0.25) is 0 Å². The largest absolute Gasteiger partial charge is 0.463 e. The van der Waals surface area contributed by atoms with Gasteiger partial charge in [0.2, 0.25) is 0 Å². The topological polar surface area (TPSA) is 61.9 Å². The summed E-state index contributed by atoms with van der Waals surface area (Å²) in [5.41, 5.74) is 3.47. The summed E-state index contributed by atoms with van der Waals surface area (Å²) in [5.74, 6) is 0.871. The first-order chi connectivity index (χ1) is 11.3. The van der Waals surface area contributed by atoms with Crippen molar-refractivity contribution in [3.8, 4) is 17.1 Å². The molecule has 4 heterocycles. The Kier molecular flexibility index (Phi) is 2.33. The van der Waals surface area contributed by atoms with E-state index in [4.69, 9.17) is 8.83 Å². The second-order valence-corrected chi connectivity index (χ2v) is 5.45. The van der Waals surface area contributed by atoms with Crippen LogP contribution in [0.25, 0.3) is 39.0 Å². The fraction of sp³-hybridized carbons (Fsp3) is 0.0588. The quantitative estimate of drug-likeness (QED) is 0.498. The van der Waals surface area contributed by atoms with Gasteiger partial charge in [0.05, 0.1) is 17.6 Å². The van der Waals surface area contributed by atoms with Crippen molar-refractivity contribution in [3.05, 3.63) is 55.8 Å². The fourth-order valence-electron chi connectivity index (χ4n) is 2.94. The van der Waals surface area contributed by atoms with Gasteiger partial charge >= 0.3 is 0 Å². The molecule has 0 radical (unpaired) electrons. The first kappa shape index (κ1) is 12.3. The number of benzene rings is 1. The van der Waals surface area contributed by atoms with Gasteiger partial charge in [0, 0.05) is 48.7 Å². The molecule has 0 aliphatic rings. The van der Waals surface area contributed by atoms with Crippen LogP contribution in [-0.4, -0.2) is 19.1 Å². The van der Waals surface area contributed by atoms with Gasteiger partial charge in [-0.1, -0.05) is 0 Å². The van der Waals surface area contributed by atoms with Crippen molar-refractivity contribution >= 4 is 21.9 Å². The monoisotopic (exact) mass is 304 g/mol. The second-order valence-electron chi connectivity index (χ2n) is 5.45. The van der Waals surface area contributed by atoms with Gasteiger partial charge in [0.15, 0.2) is 0 Å². The van der Waals surface area contributed by atoms with Crippen LogP contribution in [0.4, 0.5) is 0 Å². The van der Waals surface area contributed by atoms with Crippen LogP contribution in [0.3, 0.4) is 0 Å². The zero-order valence-electron chi connectivity index (χ0n) is 12.3. The molecule has 5 aromatic rings. The first-order valence-electron chi connectivity index (χ1n) is 7.20.